The van der Waals surface area contributed by atoms with Crippen LogP contribution in [0.25, 0.3) is 11.3 Å². The summed E-state index contributed by atoms with van der Waals surface area (Å²) in [7, 11) is 1.60. The van der Waals surface area contributed by atoms with E-state index in [-0.39, 0.29) is 5.96 Å². The Morgan fingerprint density at radius 2 is 1.93 bits per heavy atom. The predicted octanol–water partition coefficient (Wildman–Crippen LogP) is 3.04. The highest BCUT2D eigenvalue weighted by Crippen LogP contribution is 2.17. The van der Waals surface area contributed by atoms with Gasteiger partial charge in [0.05, 0.1) is 30.8 Å². The van der Waals surface area contributed by atoms with Crippen molar-refractivity contribution in [2.24, 2.45) is 15.7 Å². The average Bonchev–Trinajstić information content (AvgIpc) is 3.20. The molecule has 0 fully saturated rings. The number of H-pyrrole nitrogens is 1. The lowest BCUT2D eigenvalue weighted by Crippen LogP contribution is -2.14. The van der Waals surface area contributed by atoms with E-state index in [1.165, 1.54) is 0 Å². The van der Waals surface area contributed by atoms with E-state index in [9.17, 15) is 0 Å². The number of nitrogens with one attached hydrogen (secondary N) is 2. The molecule has 0 atom stereocenters. The van der Waals surface area contributed by atoms with Crippen LogP contribution in [0, 0.1) is 5.41 Å². The van der Waals surface area contributed by atoms with Gasteiger partial charge in [0.1, 0.15) is 5.75 Å². The summed E-state index contributed by atoms with van der Waals surface area (Å²) < 4.78 is 5.13. The lowest BCUT2D eigenvalue weighted by molar-refractivity contribution is 0.415. The number of nitrogens with zero attached hydrogens (tertiary/aromatic N) is 3. The fourth-order valence-electron chi connectivity index (χ4n) is 2.47. The summed E-state index contributed by atoms with van der Waals surface area (Å²) in [6.45, 7) is 0.322. The van der Waals surface area contributed by atoms with Crippen LogP contribution >= 0.6 is 0 Å². The quantitative estimate of drug-likeness (QED) is 0.464. The molecule has 1 aromatic heterocycles. The monoisotopic (exact) mass is 360 g/mol. The fourth-order valence-corrected chi connectivity index (χ4v) is 2.47. The average molecular weight is 360 g/mol. The van der Waals surface area contributed by atoms with E-state index < -0.39 is 0 Å². The molecule has 0 aliphatic rings. The Bertz CT molecular complexity index is 958. The second kappa shape index (κ2) is 8.57. The number of aromatic amines is 1. The molecule has 136 valence electrons. The number of aliphatic imine (C=N–C) groups is 2. The maximum absolute atomic E-state index is 7.57. The van der Waals surface area contributed by atoms with Crippen molar-refractivity contribution in [3.8, 4) is 17.0 Å². The van der Waals surface area contributed by atoms with Crippen molar-refractivity contribution in [2.75, 3.05) is 7.11 Å². The van der Waals surface area contributed by atoms with Crippen LogP contribution in [0.15, 0.2) is 70.6 Å². The molecule has 0 saturated heterocycles. The van der Waals surface area contributed by atoms with E-state index in [0.717, 1.165) is 34.5 Å². The highest BCUT2D eigenvalue weighted by molar-refractivity contribution is 6.39. The second-order valence-electron chi connectivity index (χ2n) is 5.69. The van der Waals surface area contributed by atoms with Gasteiger partial charge in [0, 0.05) is 17.3 Å². The molecule has 7 nitrogen and oxygen atoms in total. The molecule has 0 saturated carbocycles. The van der Waals surface area contributed by atoms with E-state index in [0.29, 0.717) is 12.3 Å². The Kier molecular flexibility index (Phi) is 5.73. The molecule has 1 heterocycles. The number of hydrogen-bond acceptors (Lipinski definition) is 4. The molecule has 0 bridgehead atoms. The number of ether oxygens (including phenoxy) is 1. The lowest BCUT2D eigenvalue weighted by Gasteiger charge is -2.03. The molecule has 0 unspecified atom stereocenters. The van der Waals surface area contributed by atoms with Gasteiger partial charge in [0.15, 0.2) is 0 Å². The van der Waals surface area contributed by atoms with Crippen molar-refractivity contribution in [3.63, 3.8) is 0 Å². The van der Waals surface area contributed by atoms with Crippen LogP contribution in [0.2, 0.25) is 0 Å². The molecule has 0 amide bonds. The van der Waals surface area contributed by atoms with Crippen LogP contribution in [-0.2, 0) is 6.54 Å². The van der Waals surface area contributed by atoms with Crippen molar-refractivity contribution in [1.82, 2.24) is 10.2 Å². The van der Waals surface area contributed by atoms with Gasteiger partial charge in [-0.2, -0.15) is 5.10 Å². The second-order valence-corrected chi connectivity index (χ2v) is 5.69. The van der Waals surface area contributed by atoms with Gasteiger partial charge >= 0.3 is 0 Å². The zero-order valence-electron chi connectivity index (χ0n) is 14.9. The van der Waals surface area contributed by atoms with Crippen molar-refractivity contribution in [1.29, 1.82) is 5.41 Å². The molecule has 0 spiro atoms. The number of guanidine groups is 1. The Morgan fingerprint density at radius 1 is 1.19 bits per heavy atom. The zero-order chi connectivity index (χ0) is 19.1. The maximum atomic E-state index is 7.57. The molecule has 3 aromatic rings. The molecule has 0 aliphatic carbocycles. The van der Waals surface area contributed by atoms with Crippen LogP contribution in [0.3, 0.4) is 0 Å². The number of benzene rings is 2. The van der Waals surface area contributed by atoms with Crippen LogP contribution in [0.1, 0.15) is 11.3 Å². The number of nitrogens with two attached hydrogens (primary N) is 1. The summed E-state index contributed by atoms with van der Waals surface area (Å²) in [4.78, 5) is 8.48. The van der Waals surface area contributed by atoms with Gasteiger partial charge in [-0.25, -0.2) is 9.98 Å². The van der Waals surface area contributed by atoms with Crippen molar-refractivity contribution >= 4 is 17.9 Å². The summed E-state index contributed by atoms with van der Waals surface area (Å²) in [6.07, 6.45) is 1.15. The van der Waals surface area contributed by atoms with E-state index >= 15 is 0 Å². The van der Waals surface area contributed by atoms with E-state index in [1.807, 2.05) is 48.5 Å². The zero-order valence-corrected chi connectivity index (χ0v) is 14.9. The van der Waals surface area contributed by atoms with Gasteiger partial charge in [-0.15, -0.1) is 0 Å². The van der Waals surface area contributed by atoms with E-state index in [2.05, 4.69) is 20.2 Å². The highest BCUT2D eigenvalue weighted by atomic mass is 16.5. The van der Waals surface area contributed by atoms with Crippen LogP contribution in [0.4, 0.5) is 0 Å². The number of hydrogen-bond donors (Lipinski definition) is 3. The first-order chi connectivity index (χ1) is 13.2. The largest absolute Gasteiger partial charge is 0.497 e. The smallest absolute Gasteiger partial charge is 0.216 e. The van der Waals surface area contributed by atoms with Gasteiger partial charge in [-0.05, 0) is 30.3 Å². The first kappa shape index (κ1) is 18.1. The number of rotatable bonds is 6. The SMILES string of the molecule is COc1ccc(/C(C=N)=N/C(N)=NCc2cc(-c3ccccc3)n[nH]2)cc1. The minimum atomic E-state index is 0.0974. The molecule has 2 aromatic carbocycles. The minimum absolute atomic E-state index is 0.0974. The third-order valence-electron chi connectivity index (χ3n) is 3.87. The summed E-state index contributed by atoms with van der Waals surface area (Å²) in [5.41, 5.74) is 9.80. The van der Waals surface area contributed by atoms with Gasteiger partial charge in [-0.1, -0.05) is 30.3 Å². The normalized spacial score (nSPS) is 12.0. The lowest BCUT2D eigenvalue weighted by atomic mass is 10.1. The molecule has 0 radical (unpaired) electrons. The van der Waals surface area contributed by atoms with E-state index in [4.69, 9.17) is 15.9 Å². The van der Waals surface area contributed by atoms with Crippen LogP contribution in [0.5, 0.6) is 5.75 Å². The van der Waals surface area contributed by atoms with Gasteiger partial charge in [-0.3, -0.25) is 5.10 Å². The Hall–Kier alpha value is -3.74. The molecular formula is C20H20N6O. The van der Waals surface area contributed by atoms with Gasteiger partial charge < -0.3 is 15.9 Å². The van der Waals surface area contributed by atoms with E-state index in [1.54, 1.807) is 19.2 Å². The molecule has 4 N–H and O–H groups in total. The van der Waals surface area contributed by atoms with Crippen molar-refractivity contribution in [2.45, 2.75) is 6.54 Å². The molecule has 7 heteroatoms. The number of aromatic nitrogens is 2. The minimum Gasteiger partial charge on any atom is -0.497 e. The summed E-state index contributed by atoms with van der Waals surface area (Å²) >= 11 is 0. The van der Waals surface area contributed by atoms with Crippen LogP contribution in [-0.4, -0.2) is 35.2 Å². The highest BCUT2D eigenvalue weighted by Gasteiger charge is 2.04. The summed E-state index contributed by atoms with van der Waals surface area (Å²) in [5.74, 6) is 0.832. The summed E-state index contributed by atoms with van der Waals surface area (Å²) in [6, 6.07) is 19.0. The van der Waals surface area contributed by atoms with Crippen molar-refractivity contribution < 1.29 is 4.74 Å². The fraction of sp³-hybridized carbons (Fsp3) is 0.100. The molecule has 27 heavy (non-hydrogen) atoms. The molecular weight excluding hydrogens is 340 g/mol. The third-order valence-corrected chi connectivity index (χ3v) is 3.87. The number of methoxy groups -OCH3 is 1. The topological polar surface area (TPSA) is 112 Å². The Labute approximate surface area is 157 Å². The third kappa shape index (κ3) is 4.66. The van der Waals surface area contributed by atoms with Crippen molar-refractivity contribution in [3.05, 3.63) is 71.9 Å². The standard InChI is InChI=1S/C20H20N6O/c1-27-17-9-7-15(8-10-17)19(12-21)24-20(22)23-13-16-11-18(26-25-16)14-5-3-2-4-6-14/h2-12,21H,13H2,1H3,(H2,22,23)(H,25,26)/b21-12?,24-19+. The Morgan fingerprint density at radius 3 is 2.59 bits per heavy atom. The molecule has 0 aliphatic heterocycles. The van der Waals surface area contributed by atoms with Gasteiger partial charge in [0.25, 0.3) is 0 Å². The molecule has 3 rings (SSSR count). The summed E-state index contributed by atoms with van der Waals surface area (Å²) in [5, 5.41) is 14.8. The predicted molar refractivity (Wildman–Crippen MR) is 108 cm³/mol. The first-order valence-electron chi connectivity index (χ1n) is 8.33. The first-order valence-corrected chi connectivity index (χ1v) is 8.33. The van der Waals surface area contributed by atoms with Crippen LogP contribution < -0.4 is 10.5 Å². The Balaban J connectivity index is 1.71. The maximum Gasteiger partial charge on any atom is 0.216 e. The van der Waals surface area contributed by atoms with Gasteiger partial charge in [0.2, 0.25) is 5.96 Å².